The first-order chi connectivity index (χ1) is 11.5. The molecule has 0 radical (unpaired) electrons. The van der Waals surface area contributed by atoms with Crippen LogP contribution in [0.25, 0.3) is 0 Å². The molecule has 1 N–H and O–H groups in total. The first kappa shape index (κ1) is 17.7. The highest BCUT2D eigenvalue weighted by Gasteiger charge is 2.21. The van der Waals surface area contributed by atoms with E-state index in [1.54, 1.807) is 28.0 Å². The number of carbonyl (C=O) groups is 1. The molecule has 2 heterocycles. The molecule has 1 saturated heterocycles. The first-order valence-electron chi connectivity index (χ1n) is 8.08. The van der Waals surface area contributed by atoms with Gasteiger partial charge in [0.15, 0.2) is 5.13 Å². The number of nitrogens with zero attached hydrogens (tertiary/aromatic N) is 2. The Morgan fingerprint density at radius 1 is 1.25 bits per heavy atom. The van der Waals surface area contributed by atoms with Crippen LogP contribution >= 0.6 is 34.5 Å². The lowest BCUT2D eigenvalue weighted by atomic mass is 10.1. The predicted molar refractivity (Wildman–Crippen MR) is 99.6 cm³/mol. The number of rotatable bonds is 4. The average Bonchev–Trinajstić information content (AvgIpc) is 2.99. The molecular formula is C17H20Cl2N3OS+. The van der Waals surface area contributed by atoms with Gasteiger partial charge in [-0.25, -0.2) is 4.98 Å². The van der Waals surface area contributed by atoms with E-state index in [0.29, 0.717) is 20.9 Å². The van der Waals surface area contributed by atoms with Crippen LogP contribution in [0.3, 0.4) is 0 Å². The van der Waals surface area contributed by atoms with E-state index in [2.05, 4.69) is 4.98 Å². The van der Waals surface area contributed by atoms with Gasteiger partial charge in [-0.15, -0.1) is 11.3 Å². The third-order valence-electron chi connectivity index (χ3n) is 4.20. The van der Waals surface area contributed by atoms with Gasteiger partial charge in [0.1, 0.15) is 12.2 Å². The van der Waals surface area contributed by atoms with Crippen molar-refractivity contribution in [3.05, 3.63) is 39.3 Å². The van der Waals surface area contributed by atoms with Crippen molar-refractivity contribution in [3.63, 3.8) is 0 Å². The highest BCUT2D eigenvalue weighted by molar-refractivity contribution is 7.14. The number of hydrogen-bond donors (Lipinski definition) is 1. The fourth-order valence-electron chi connectivity index (χ4n) is 3.02. The van der Waals surface area contributed by atoms with Crippen LogP contribution in [-0.4, -0.2) is 24.0 Å². The van der Waals surface area contributed by atoms with Crippen LogP contribution in [0.5, 0.6) is 0 Å². The van der Waals surface area contributed by atoms with E-state index >= 15 is 0 Å². The third-order valence-corrected chi connectivity index (χ3v) is 5.81. The number of aromatic nitrogens is 1. The zero-order valence-corrected chi connectivity index (χ0v) is 15.8. The van der Waals surface area contributed by atoms with Crippen molar-refractivity contribution in [1.82, 2.24) is 4.98 Å². The second kappa shape index (κ2) is 7.83. The van der Waals surface area contributed by atoms with Crippen molar-refractivity contribution in [2.24, 2.45) is 0 Å². The van der Waals surface area contributed by atoms with Gasteiger partial charge in [0.05, 0.1) is 28.8 Å². The van der Waals surface area contributed by atoms with E-state index in [0.717, 1.165) is 12.2 Å². The van der Waals surface area contributed by atoms with Crippen molar-refractivity contribution in [2.75, 3.05) is 18.0 Å². The summed E-state index contributed by atoms with van der Waals surface area (Å²) in [6.07, 6.45) is 3.91. The Kier molecular flexibility index (Phi) is 5.76. The molecule has 128 valence electrons. The monoisotopic (exact) mass is 384 g/mol. The minimum Gasteiger partial charge on any atom is -0.330 e. The van der Waals surface area contributed by atoms with Crippen molar-refractivity contribution in [2.45, 2.75) is 32.7 Å². The van der Waals surface area contributed by atoms with Gasteiger partial charge in [-0.2, -0.15) is 0 Å². The largest absolute Gasteiger partial charge is 0.330 e. The molecular weight excluding hydrogens is 365 g/mol. The van der Waals surface area contributed by atoms with Gasteiger partial charge in [-0.05, 0) is 37.5 Å². The van der Waals surface area contributed by atoms with Crippen LogP contribution in [0.1, 0.15) is 31.9 Å². The molecule has 1 fully saturated rings. The summed E-state index contributed by atoms with van der Waals surface area (Å²) in [5.74, 6) is -0.0976. The zero-order chi connectivity index (χ0) is 17.1. The average molecular weight is 385 g/mol. The normalized spacial score (nSPS) is 15.5. The summed E-state index contributed by atoms with van der Waals surface area (Å²) in [4.78, 5) is 20.0. The molecule has 7 heteroatoms. The fourth-order valence-corrected chi connectivity index (χ4v) is 4.20. The van der Waals surface area contributed by atoms with Crippen LogP contribution in [-0.2, 0) is 11.3 Å². The minimum atomic E-state index is -0.0976. The molecule has 1 aliphatic heterocycles. The molecule has 0 atom stereocenters. The van der Waals surface area contributed by atoms with Crippen molar-refractivity contribution in [1.29, 1.82) is 0 Å². The van der Waals surface area contributed by atoms with Gasteiger partial charge in [-0.3, -0.25) is 9.69 Å². The summed E-state index contributed by atoms with van der Waals surface area (Å²) in [6.45, 7) is 4.86. The molecule has 0 saturated carbocycles. The van der Waals surface area contributed by atoms with Crippen molar-refractivity contribution >= 4 is 51.3 Å². The number of nitrogens with one attached hydrogen (secondary N) is 1. The molecule has 2 aromatic rings. The number of amides is 1. The maximum Gasteiger partial charge on any atom is 0.230 e. The van der Waals surface area contributed by atoms with E-state index in [-0.39, 0.29) is 5.91 Å². The second-order valence-corrected chi connectivity index (χ2v) is 7.71. The lowest BCUT2D eigenvalue weighted by molar-refractivity contribution is -0.918. The van der Waals surface area contributed by atoms with Crippen LogP contribution < -0.4 is 9.80 Å². The second-order valence-electron chi connectivity index (χ2n) is 6.06. The standard InChI is InChI=1S/C17H19Cl2N3OS/c1-12(23)22(14-5-6-15(18)16(19)9-14)17-20-13(11-24-17)10-21-7-3-2-4-8-21/h5-6,9,11H,2-4,7-8,10H2,1H3/p+1. The molecule has 1 aromatic heterocycles. The lowest BCUT2D eigenvalue weighted by Gasteiger charge is -2.22. The summed E-state index contributed by atoms with van der Waals surface area (Å²) >= 11 is 13.6. The molecule has 0 bridgehead atoms. The highest BCUT2D eigenvalue weighted by atomic mass is 35.5. The highest BCUT2D eigenvalue weighted by Crippen LogP contribution is 2.33. The van der Waals surface area contributed by atoms with Gasteiger partial charge < -0.3 is 4.90 Å². The van der Waals surface area contributed by atoms with Crippen LogP contribution in [0.2, 0.25) is 10.0 Å². The van der Waals surface area contributed by atoms with Crippen LogP contribution in [0.15, 0.2) is 23.6 Å². The Bertz CT molecular complexity index is 728. The Morgan fingerprint density at radius 3 is 2.67 bits per heavy atom. The van der Waals surface area contributed by atoms with Gasteiger partial charge in [-0.1, -0.05) is 23.2 Å². The quantitative estimate of drug-likeness (QED) is 0.872. The van der Waals surface area contributed by atoms with Gasteiger partial charge >= 0.3 is 0 Å². The van der Waals surface area contributed by atoms with E-state index in [9.17, 15) is 4.79 Å². The summed E-state index contributed by atoms with van der Waals surface area (Å²) < 4.78 is 0. The topological polar surface area (TPSA) is 37.6 Å². The molecule has 0 aliphatic carbocycles. The number of halogens is 2. The number of quaternary nitrogens is 1. The predicted octanol–water partition coefficient (Wildman–Crippen LogP) is 3.70. The number of likely N-dealkylation sites (tertiary alicyclic amines) is 1. The molecule has 0 unspecified atom stereocenters. The SMILES string of the molecule is CC(=O)N(c1ccc(Cl)c(Cl)c1)c1nc(C[NH+]2CCCCC2)cs1. The van der Waals surface area contributed by atoms with Gasteiger partial charge in [0.25, 0.3) is 0 Å². The number of benzene rings is 1. The smallest absolute Gasteiger partial charge is 0.230 e. The number of anilines is 2. The molecule has 1 amide bonds. The van der Waals surface area contributed by atoms with Gasteiger partial charge in [0.2, 0.25) is 5.91 Å². The van der Waals surface area contributed by atoms with E-state index in [1.165, 1.54) is 50.6 Å². The maximum atomic E-state index is 12.2. The Balaban J connectivity index is 1.81. The first-order valence-corrected chi connectivity index (χ1v) is 9.72. The summed E-state index contributed by atoms with van der Waals surface area (Å²) in [5.41, 5.74) is 1.72. The third kappa shape index (κ3) is 4.09. The van der Waals surface area contributed by atoms with E-state index < -0.39 is 0 Å². The lowest BCUT2D eigenvalue weighted by Crippen LogP contribution is -3.11. The molecule has 3 rings (SSSR count). The van der Waals surface area contributed by atoms with Gasteiger partial charge in [0, 0.05) is 12.3 Å². The molecule has 24 heavy (non-hydrogen) atoms. The summed E-state index contributed by atoms with van der Waals surface area (Å²) in [5, 5.41) is 3.62. The molecule has 1 aromatic carbocycles. The Labute approximate surface area is 156 Å². The fraction of sp³-hybridized carbons (Fsp3) is 0.412. The molecule has 4 nitrogen and oxygen atoms in total. The maximum absolute atomic E-state index is 12.2. The summed E-state index contributed by atoms with van der Waals surface area (Å²) in [7, 11) is 0. The zero-order valence-electron chi connectivity index (χ0n) is 13.5. The Hall–Kier alpha value is -1.14. The van der Waals surface area contributed by atoms with E-state index in [4.69, 9.17) is 23.2 Å². The van der Waals surface area contributed by atoms with Crippen molar-refractivity contribution < 1.29 is 9.69 Å². The Morgan fingerprint density at radius 2 is 2.00 bits per heavy atom. The number of hydrogen-bond acceptors (Lipinski definition) is 3. The van der Waals surface area contributed by atoms with Crippen molar-refractivity contribution in [3.8, 4) is 0 Å². The number of thiazole rings is 1. The number of piperidine rings is 1. The molecule has 0 spiro atoms. The summed E-state index contributed by atoms with van der Waals surface area (Å²) in [6, 6.07) is 5.18. The van der Waals surface area contributed by atoms with Crippen LogP contribution in [0.4, 0.5) is 10.8 Å². The molecule has 1 aliphatic rings. The number of carbonyl (C=O) groups excluding carboxylic acids is 1. The van der Waals surface area contributed by atoms with Crippen LogP contribution in [0, 0.1) is 0 Å². The minimum absolute atomic E-state index is 0.0976. The van der Waals surface area contributed by atoms with E-state index in [1.807, 2.05) is 5.38 Å².